The number of hydrogen-bond donors (Lipinski definition) is 2. The molecule has 0 unspecified atom stereocenters. The average molecular weight is 352 g/mol. The van der Waals surface area contributed by atoms with Crippen LogP contribution in [0.5, 0.6) is 0 Å². The molecule has 6 nitrogen and oxygen atoms in total. The topological polar surface area (TPSA) is 84.0 Å². The second-order valence-electron chi connectivity index (χ2n) is 5.17. The molecule has 0 radical (unpaired) electrons. The van der Waals surface area contributed by atoms with Crippen molar-refractivity contribution >= 4 is 34.6 Å². The molecule has 0 aliphatic carbocycles. The molecule has 2 aromatic carbocycles. The Bertz CT molecular complexity index is 896. The molecule has 25 heavy (non-hydrogen) atoms. The van der Waals surface area contributed by atoms with E-state index in [1.807, 2.05) is 54.6 Å². The fourth-order valence-electron chi connectivity index (χ4n) is 2.33. The molecular weight excluding hydrogens is 336 g/mol. The second kappa shape index (κ2) is 7.76. The second-order valence-corrected chi connectivity index (χ2v) is 6.27. The molecule has 126 valence electrons. The number of carbonyl (C=O) groups excluding carboxylic acids is 2. The van der Waals surface area contributed by atoms with Gasteiger partial charge in [-0.3, -0.25) is 10.1 Å². The summed E-state index contributed by atoms with van der Waals surface area (Å²) in [5.41, 5.74) is 1.59. The highest BCUT2D eigenvalue weighted by atomic mass is 32.2. The Balaban J connectivity index is 1.97. The summed E-state index contributed by atoms with van der Waals surface area (Å²) in [6.07, 6.45) is 1.48. The first-order chi connectivity index (χ1) is 12.2. The van der Waals surface area contributed by atoms with Gasteiger partial charge >= 0.3 is 6.03 Å². The predicted molar refractivity (Wildman–Crippen MR) is 97.2 cm³/mol. The minimum atomic E-state index is -0.614. The number of rotatable bonds is 4. The molecule has 3 amide bonds. The Labute approximate surface area is 149 Å². The monoisotopic (exact) mass is 352 g/mol. The van der Waals surface area contributed by atoms with Crippen LogP contribution in [-0.4, -0.2) is 29.0 Å². The Kier molecular flexibility index (Phi) is 5.25. The number of benzene rings is 2. The van der Waals surface area contributed by atoms with Gasteiger partial charge in [0.2, 0.25) is 5.91 Å². The van der Waals surface area contributed by atoms with Gasteiger partial charge in [0, 0.05) is 12.4 Å². The van der Waals surface area contributed by atoms with Crippen LogP contribution in [0.4, 0.5) is 4.79 Å². The smallest absolute Gasteiger partial charge is 0.321 e. The van der Waals surface area contributed by atoms with Crippen LogP contribution < -0.4 is 10.6 Å². The van der Waals surface area contributed by atoms with E-state index in [0.717, 1.165) is 16.5 Å². The van der Waals surface area contributed by atoms with Crippen molar-refractivity contribution in [1.29, 1.82) is 0 Å². The number of carbonyl (C=O) groups is 2. The van der Waals surface area contributed by atoms with Gasteiger partial charge in [-0.2, -0.15) is 0 Å². The first kappa shape index (κ1) is 16.9. The molecule has 0 saturated heterocycles. The van der Waals surface area contributed by atoms with Gasteiger partial charge in [-0.05, 0) is 11.6 Å². The molecule has 0 spiro atoms. The molecule has 0 aliphatic rings. The van der Waals surface area contributed by atoms with Gasteiger partial charge < -0.3 is 5.32 Å². The Morgan fingerprint density at radius 1 is 1.00 bits per heavy atom. The standard InChI is InChI=1S/C18H16N4O2S/c1-19-18(24)22-16(23)15(12-7-3-2-4-8-12)25-17-13-9-5-6-10-14(13)20-11-21-17/h2-11,15H,1H3,(H2,19,22,23,24)/t15-/m1/s1. The molecule has 1 heterocycles. The Hall–Kier alpha value is -2.93. The van der Waals surface area contributed by atoms with Crippen molar-refractivity contribution in [3.8, 4) is 0 Å². The minimum Gasteiger partial charge on any atom is -0.341 e. The number of imide groups is 1. The van der Waals surface area contributed by atoms with Crippen molar-refractivity contribution in [2.45, 2.75) is 10.3 Å². The number of nitrogens with zero attached hydrogens (tertiary/aromatic N) is 2. The summed E-state index contributed by atoms with van der Waals surface area (Å²) in [7, 11) is 1.46. The quantitative estimate of drug-likeness (QED) is 0.557. The first-order valence-corrected chi connectivity index (χ1v) is 8.51. The van der Waals surface area contributed by atoms with Crippen molar-refractivity contribution in [3.63, 3.8) is 0 Å². The lowest BCUT2D eigenvalue weighted by atomic mass is 10.1. The van der Waals surface area contributed by atoms with Crippen molar-refractivity contribution in [1.82, 2.24) is 20.6 Å². The van der Waals surface area contributed by atoms with Crippen LogP contribution in [0.3, 0.4) is 0 Å². The molecule has 3 rings (SSSR count). The third-order valence-electron chi connectivity index (χ3n) is 3.54. The van der Waals surface area contributed by atoms with Crippen LogP contribution in [0.2, 0.25) is 0 Å². The number of hydrogen-bond acceptors (Lipinski definition) is 5. The van der Waals surface area contributed by atoms with Gasteiger partial charge in [0.1, 0.15) is 16.6 Å². The van der Waals surface area contributed by atoms with E-state index in [9.17, 15) is 9.59 Å². The first-order valence-electron chi connectivity index (χ1n) is 7.63. The van der Waals surface area contributed by atoms with Gasteiger partial charge in [0.15, 0.2) is 0 Å². The number of fused-ring (bicyclic) bond motifs is 1. The zero-order valence-corrected chi connectivity index (χ0v) is 14.3. The van der Waals surface area contributed by atoms with E-state index in [1.54, 1.807) is 0 Å². The molecule has 0 fully saturated rings. The van der Waals surface area contributed by atoms with Gasteiger partial charge in [-0.15, -0.1) is 0 Å². The highest BCUT2D eigenvalue weighted by Crippen LogP contribution is 2.37. The third kappa shape index (κ3) is 3.95. The summed E-state index contributed by atoms with van der Waals surface area (Å²) in [4.78, 5) is 32.7. The number of aromatic nitrogens is 2. The normalized spacial score (nSPS) is 11.7. The van der Waals surface area contributed by atoms with Gasteiger partial charge in [-0.25, -0.2) is 14.8 Å². The maximum Gasteiger partial charge on any atom is 0.321 e. The van der Waals surface area contributed by atoms with Crippen LogP contribution in [0.25, 0.3) is 10.9 Å². The number of urea groups is 1. The summed E-state index contributed by atoms with van der Waals surface area (Å²) in [5.74, 6) is -0.404. The molecule has 0 saturated carbocycles. The van der Waals surface area contributed by atoms with Crippen molar-refractivity contribution in [2.75, 3.05) is 7.05 Å². The van der Waals surface area contributed by atoms with Crippen molar-refractivity contribution in [2.24, 2.45) is 0 Å². The maximum absolute atomic E-state index is 12.6. The molecule has 0 bridgehead atoms. The van der Waals surface area contributed by atoms with Crippen molar-refractivity contribution < 1.29 is 9.59 Å². The number of thioether (sulfide) groups is 1. The van der Waals surface area contributed by atoms with Gasteiger partial charge in [-0.1, -0.05) is 60.3 Å². The Morgan fingerprint density at radius 3 is 2.48 bits per heavy atom. The maximum atomic E-state index is 12.6. The lowest BCUT2D eigenvalue weighted by molar-refractivity contribution is -0.119. The average Bonchev–Trinajstić information content (AvgIpc) is 2.66. The SMILES string of the molecule is CNC(=O)NC(=O)[C@H](Sc1ncnc2ccccc12)c1ccccc1. The molecular formula is C18H16N4O2S. The van der Waals surface area contributed by atoms with E-state index >= 15 is 0 Å². The van der Waals surface area contributed by atoms with Crippen LogP contribution in [-0.2, 0) is 4.79 Å². The lowest BCUT2D eigenvalue weighted by Gasteiger charge is -2.16. The fraction of sp³-hybridized carbons (Fsp3) is 0.111. The van der Waals surface area contributed by atoms with E-state index in [-0.39, 0.29) is 0 Å². The lowest BCUT2D eigenvalue weighted by Crippen LogP contribution is -2.39. The number of amides is 3. The molecule has 3 aromatic rings. The highest BCUT2D eigenvalue weighted by Gasteiger charge is 2.25. The summed E-state index contributed by atoms with van der Waals surface area (Å²) in [6.45, 7) is 0. The molecule has 7 heteroatoms. The van der Waals surface area contributed by atoms with E-state index in [0.29, 0.717) is 5.03 Å². The summed E-state index contributed by atoms with van der Waals surface area (Å²) in [6, 6.07) is 16.4. The largest absolute Gasteiger partial charge is 0.341 e. The zero-order valence-electron chi connectivity index (χ0n) is 13.5. The molecule has 1 aromatic heterocycles. The molecule has 1 atom stereocenters. The van der Waals surface area contributed by atoms with Crippen molar-refractivity contribution in [3.05, 3.63) is 66.5 Å². The van der Waals surface area contributed by atoms with Gasteiger partial charge in [0.25, 0.3) is 0 Å². The van der Waals surface area contributed by atoms with E-state index in [2.05, 4.69) is 20.6 Å². The summed E-state index contributed by atoms with van der Waals surface area (Å²) < 4.78 is 0. The highest BCUT2D eigenvalue weighted by molar-refractivity contribution is 8.00. The number of nitrogens with one attached hydrogen (secondary N) is 2. The van der Waals surface area contributed by atoms with Crippen LogP contribution in [0.1, 0.15) is 10.8 Å². The number of para-hydroxylation sites is 1. The summed E-state index contributed by atoms with van der Waals surface area (Å²) in [5, 5.41) is 5.67. The molecule has 0 aliphatic heterocycles. The summed E-state index contributed by atoms with van der Waals surface area (Å²) >= 11 is 1.29. The van der Waals surface area contributed by atoms with Crippen LogP contribution in [0, 0.1) is 0 Å². The zero-order chi connectivity index (χ0) is 17.6. The van der Waals surface area contributed by atoms with E-state index in [4.69, 9.17) is 0 Å². The van der Waals surface area contributed by atoms with E-state index < -0.39 is 17.2 Å². The van der Waals surface area contributed by atoms with E-state index in [1.165, 1.54) is 25.1 Å². The predicted octanol–water partition coefficient (Wildman–Crippen LogP) is 2.92. The minimum absolute atomic E-state index is 0.404. The Morgan fingerprint density at radius 2 is 1.72 bits per heavy atom. The van der Waals surface area contributed by atoms with Crippen LogP contribution in [0.15, 0.2) is 66.0 Å². The van der Waals surface area contributed by atoms with Gasteiger partial charge in [0.05, 0.1) is 5.52 Å². The van der Waals surface area contributed by atoms with Crippen LogP contribution >= 0.6 is 11.8 Å². The third-order valence-corrected chi connectivity index (χ3v) is 4.81. The fourth-order valence-corrected chi connectivity index (χ4v) is 3.42. The molecule has 2 N–H and O–H groups in total.